The summed E-state index contributed by atoms with van der Waals surface area (Å²) < 4.78 is 15.6. The van der Waals surface area contributed by atoms with Crippen LogP contribution in [0.5, 0.6) is 0 Å². The summed E-state index contributed by atoms with van der Waals surface area (Å²) in [7, 11) is -2.27. The molecule has 13 heavy (non-hydrogen) atoms. The minimum Gasteiger partial charge on any atom is -0.321 e. The summed E-state index contributed by atoms with van der Waals surface area (Å²) in [6, 6.07) is 0. The normalized spacial score (nSPS) is 15.3. The average Bonchev–Trinajstić information content (AvgIpc) is 2.12. The van der Waals surface area contributed by atoms with Crippen molar-refractivity contribution in [2.75, 3.05) is 7.11 Å². The van der Waals surface area contributed by atoms with E-state index in [1.165, 1.54) is 7.11 Å². The van der Waals surface area contributed by atoms with E-state index in [0.29, 0.717) is 11.7 Å². The third-order valence-corrected chi connectivity index (χ3v) is 3.48. The summed E-state index contributed by atoms with van der Waals surface area (Å²) in [4.78, 5) is 9.18. The Labute approximate surface area is 80.3 Å². The van der Waals surface area contributed by atoms with Gasteiger partial charge in [-0.25, -0.2) is 0 Å². The van der Waals surface area contributed by atoms with E-state index in [1.54, 1.807) is 0 Å². The minimum atomic E-state index is -3.51. The van der Waals surface area contributed by atoms with Crippen molar-refractivity contribution in [3.05, 3.63) is 11.9 Å². The fraction of sp³-hybridized carbons (Fsp3) is 0.778. The standard InChI is InChI=1S/C9H19O3P/c1-4-5-6-7-8-9(2)13(10,11)12-3/h2,4-8H2,1,3H3,(H,10,11). The first kappa shape index (κ1) is 12.9. The fourth-order valence-corrected chi connectivity index (χ4v) is 1.73. The maximum Gasteiger partial charge on any atom is 0.353 e. The number of hydrogen-bond acceptors (Lipinski definition) is 2. The Morgan fingerprint density at radius 2 is 2.08 bits per heavy atom. The predicted molar refractivity (Wildman–Crippen MR) is 54.7 cm³/mol. The molecule has 0 aliphatic carbocycles. The van der Waals surface area contributed by atoms with Crippen molar-refractivity contribution in [3.8, 4) is 0 Å². The number of hydrogen-bond donors (Lipinski definition) is 1. The van der Waals surface area contributed by atoms with Gasteiger partial charge in [0, 0.05) is 12.4 Å². The fourth-order valence-electron chi connectivity index (χ4n) is 1.03. The molecule has 0 aromatic rings. The Morgan fingerprint density at radius 1 is 1.46 bits per heavy atom. The molecule has 0 rings (SSSR count). The molecule has 0 aromatic heterocycles. The molecule has 1 N–H and O–H groups in total. The molecule has 0 radical (unpaired) electrons. The summed E-state index contributed by atoms with van der Waals surface area (Å²) >= 11 is 0. The van der Waals surface area contributed by atoms with Crippen LogP contribution in [0.4, 0.5) is 0 Å². The first-order valence-corrected chi connectivity index (χ1v) is 6.19. The second-order valence-corrected chi connectivity index (χ2v) is 5.12. The van der Waals surface area contributed by atoms with Crippen molar-refractivity contribution >= 4 is 7.60 Å². The van der Waals surface area contributed by atoms with E-state index < -0.39 is 7.60 Å². The van der Waals surface area contributed by atoms with E-state index in [2.05, 4.69) is 18.0 Å². The molecule has 0 bridgehead atoms. The van der Waals surface area contributed by atoms with Gasteiger partial charge < -0.3 is 9.42 Å². The lowest BCUT2D eigenvalue weighted by molar-refractivity contribution is 0.322. The first-order chi connectivity index (χ1) is 6.04. The molecule has 0 spiro atoms. The summed E-state index contributed by atoms with van der Waals surface area (Å²) in [6.45, 7) is 5.68. The molecular weight excluding hydrogens is 187 g/mol. The number of rotatable bonds is 7. The van der Waals surface area contributed by atoms with Crippen LogP contribution in [-0.4, -0.2) is 12.0 Å². The lowest BCUT2D eigenvalue weighted by Gasteiger charge is -2.10. The van der Waals surface area contributed by atoms with Gasteiger partial charge in [-0.1, -0.05) is 32.8 Å². The Balaban J connectivity index is 3.69. The molecule has 0 saturated carbocycles. The topological polar surface area (TPSA) is 46.5 Å². The van der Waals surface area contributed by atoms with E-state index in [4.69, 9.17) is 0 Å². The average molecular weight is 206 g/mol. The van der Waals surface area contributed by atoms with Crippen molar-refractivity contribution < 1.29 is 14.0 Å². The smallest absolute Gasteiger partial charge is 0.321 e. The molecule has 0 saturated heterocycles. The van der Waals surface area contributed by atoms with Crippen LogP contribution in [-0.2, 0) is 9.09 Å². The molecule has 4 heteroatoms. The van der Waals surface area contributed by atoms with Crippen LogP contribution in [0.2, 0.25) is 0 Å². The summed E-state index contributed by atoms with van der Waals surface area (Å²) in [5.41, 5.74) is 0. The van der Waals surface area contributed by atoms with Crippen molar-refractivity contribution in [2.45, 2.75) is 39.0 Å². The molecule has 0 heterocycles. The van der Waals surface area contributed by atoms with Crippen molar-refractivity contribution in [1.82, 2.24) is 0 Å². The molecule has 1 unspecified atom stereocenters. The van der Waals surface area contributed by atoms with Crippen LogP contribution in [0.25, 0.3) is 0 Å². The summed E-state index contributed by atoms with van der Waals surface area (Å²) in [5, 5.41) is 0.325. The van der Waals surface area contributed by atoms with Crippen molar-refractivity contribution in [2.24, 2.45) is 0 Å². The van der Waals surface area contributed by atoms with Crippen LogP contribution >= 0.6 is 7.60 Å². The van der Waals surface area contributed by atoms with Crippen molar-refractivity contribution in [1.29, 1.82) is 0 Å². The molecule has 1 atom stereocenters. The zero-order valence-electron chi connectivity index (χ0n) is 8.45. The van der Waals surface area contributed by atoms with Crippen LogP contribution in [0.3, 0.4) is 0 Å². The second kappa shape index (κ2) is 6.36. The van der Waals surface area contributed by atoms with E-state index in [9.17, 15) is 9.46 Å². The van der Waals surface area contributed by atoms with Crippen LogP contribution in [0, 0.1) is 0 Å². The zero-order valence-corrected chi connectivity index (χ0v) is 9.35. The minimum absolute atomic E-state index is 0.325. The monoisotopic (exact) mass is 206 g/mol. The predicted octanol–water partition coefficient (Wildman–Crippen LogP) is 3.30. The van der Waals surface area contributed by atoms with Gasteiger partial charge in [-0.2, -0.15) is 0 Å². The van der Waals surface area contributed by atoms with E-state index in [0.717, 1.165) is 25.7 Å². The van der Waals surface area contributed by atoms with Gasteiger partial charge in [0.2, 0.25) is 0 Å². The van der Waals surface area contributed by atoms with Crippen molar-refractivity contribution in [3.63, 3.8) is 0 Å². The second-order valence-electron chi connectivity index (χ2n) is 3.08. The number of unbranched alkanes of at least 4 members (excludes halogenated alkanes) is 3. The quantitative estimate of drug-likeness (QED) is 0.513. The SMILES string of the molecule is C=C(CCCCCC)P(=O)(O)OC. The molecule has 3 nitrogen and oxygen atoms in total. The molecule has 0 amide bonds. The van der Waals surface area contributed by atoms with Gasteiger partial charge in [0.05, 0.1) is 0 Å². The van der Waals surface area contributed by atoms with E-state index in [-0.39, 0.29) is 0 Å². The Morgan fingerprint density at radius 3 is 2.54 bits per heavy atom. The molecule has 0 aliphatic heterocycles. The lowest BCUT2D eigenvalue weighted by atomic mass is 10.1. The Kier molecular flexibility index (Phi) is 6.31. The highest BCUT2D eigenvalue weighted by Gasteiger charge is 2.20. The van der Waals surface area contributed by atoms with Gasteiger partial charge >= 0.3 is 7.60 Å². The molecular formula is C9H19O3P. The highest BCUT2D eigenvalue weighted by atomic mass is 31.2. The summed E-state index contributed by atoms with van der Waals surface area (Å²) in [6.07, 6.45) is 4.91. The third-order valence-electron chi connectivity index (χ3n) is 1.97. The number of allylic oxidation sites excluding steroid dienone is 1. The zero-order chi connectivity index (χ0) is 10.3. The lowest BCUT2D eigenvalue weighted by Crippen LogP contribution is -1.88. The van der Waals surface area contributed by atoms with Gasteiger partial charge in [-0.3, -0.25) is 4.57 Å². The van der Waals surface area contributed by atoms with Gasteiger partial charge in [0.25, 0.3) is 0 Å². The van der Waals surface area contributed by atoms with E-state index >= 15 is 0 Å². The van der Waals surface area contributed by atoms with Crippen LogP contribution < -0.4 is 0 Å². The highest BCUT2D eigenvalue weighted by Crippen LogP contribution is 2.50. The largest absolute Gasteiger partial charge is 0.353 e. The van der Waals surface area contributed by atoms with Crippen LogP contribution in [0.1, 0.15) is 39.0 Å². The molecule has 0 aromatic carbocycles. The summed E-state index contributed by atoms with van der Waals surface area (Å²) in [5.74, 6) is 0. The third kappa shape index (κ3) is 5.25. The first-order valence-electron chi connectivity index (χ1n) is 4.61. The van der Waals surface area contributed by atoms with Gasteiger partial charge in [-0.15, -0.1) is 0 Å². The maximum absolute atomic E-state index is 11.2. The Bertz CT molecular complexity index is 201. The molecule has 0 fully saturated rings. The molecule has 0 aliphatic rings. The van der Waals surface area contributed by atoms with E-state index in [1.807, 2.05) is 0 Å². The highest BCUT2D eigenvalue weighted by molar-refractivity contribution is 7.57. The Hall–Kier alpha value is -0.110. The van der Waals surface area contributed by atoms with Gasteiger partial charge in [0.15, 0.2) is 0 Å². The maximum atomic E-state index is 11.2. The van der Waals surface area contributed by atoms with Crippen LogP contribution in [0.15, 0.2) is 11.9 Å². The van der Waals surface area contributed by atoms with Gasteiger partial charge in [0.1, 0.15) is 0 Å². The molecule has 78 valence electrons. The van der Waals surface area contributed by atoms with Gasteiger partial charge in [-0.05, 0) is 12.8 Å².